The zero-order chi connectivity index (χ0) is 29.7. The summed E-state index contributed by atoms with van der Waals surface area (Å²) in [7, 11) is 0. The van der Waals surface area contributed by atoms with Gasteiger partial charge in [0.15, 0.2) is 0 Å². The normalized spacial score (nSPS) is 16.3. The van der Waals surface area contributed by atoms with E-state index in [2.05, 4.69) is 15.6 Å². The van der Waals surface area contributed by atoms with Crippen LogP contribution in [0.5, 0.6) is 0 Å². The molecule has 208 valence electrons. The smallest absolute Gasteiger partial charge is 0.372 e. The van der Waals surface area contributed by atoms with Crippen LogP contribution in [-0.4, -0.2) is 29.6 Å². The summed E-state index contributed by atoms with van der Waals surface area (Å²) in [5.41, 5.74) is -0.0975. The predicted octanol–water partition coefficient (Wildman–Crippen LogP) is 4.58. The molecule has 1 heterocycles. The second-order valence-corrected chi connectivity index (χ2v) is 9.16. The van der Waals surface area contributed by atoms with Gasteiger partial charge in [-0.05, 0) is 61.0 Å². The molecule has 0 radical (unpaired) electrons. The third kappa shape index (κ3) is 6.72. The van der Waals surface area contributed by atoms with Crippen LogP contribution in [0, 0.1) is 28.5 Å². The van der Waals surface area contributed by atoms with Gasteiger partial charge in [-0.1, -0.05) is 23.7 Å². The lowest BCUT2D eigenvalue weighted by molar-refractivity contribution is -0.137. The van der Waals surface area contributed by atoms with Gasteiger partial charge in [0.1, 0.15) is 29.6 Å². The second kappa shape index (κ2) is 12.2. The molecule has 3 aromatic rings. The molecule has 0 aliphatic heterocycles. The Morgan fingerprint density at radius 3 is 2.51 bits per heavy atom. The van der Waals surface area contributed by atoms with E-state index >= 15 is 0 Å². The summed E-state index contributed by atoms with van der Waals surface area (Å²) < 4.78 is 58.1. The van der Waals surface area contributed by atoms with E-state index in [1.54, 1.807) is 25.1 Å². The largest absolute Gasteiger partial charge is 0.416 e. The van der Waals surface area contributed by atoms with Crippen LogP contribution in [0.2, 0.25) is 5.02 Å². The molecule has 1 aliphatic carbocycles. The van der Waals surface area contributed by atoms with Crippen LogP contribution in [0.3, 0.4) is 0 Å². The van der Waals surface area contributed by atoms with E-state index in [0.29, 0.717) is 21.9 Å². The number of ether oxygens (including phenoxy) is 1. The average molecular weight is 582 g/mol. The molecular weight excluding hydrogens is 562 g/mol. The van der Waals surface area contributed by atoms with Crippen molar-refractivity contribution in [2.45, 2.75) is 25.2 Å². The lowest BCUT2D eigenvalue weighted by Crippen LogP contribution is -2.50. The number of anilines is 2. The lowest BCUT2D eigenvalue weighted by Gasteiger charge is -2.26. The number of alkyl halides is 3. The van der Waals surface area contributed by atoms with Gasteiger partial charge >= 0.3 is 6.18 Å². The maximum absolute atomic E-state index is 13.7. The minimum atomic E-state index is -4.52. The Morgan fingerprint density at radius 1 is 1.17 bits per heavy atom. The van der Waals surface area contributed by atoms with Crippen molar-refractivity contribution in [1.29, 1.82) is 10.5 Å². The Balaban J connectivity index is 1.70. The van der Waals surface area contributed by atoms with Crippen molar-refractivity contribution in [2.24, 2.45) is 0 Å². The summed E-state index contributed by atoms with van der Waals surface area (Å²) >= 11 is 5.91. The fourth-order valence-electron chi connectivity index (χ4n) is 4.09. The number of nitrogens with zero attached hydrogens (tertiary/aromatic N) is 3. The highest BCUT2D eigenvalue weighted by Gasteiger charge is 2.30. The molecule has 1 amide bonds. The van der Waals surface area contributed by atoms with Crippen LogP contribution in [0.25, 0.3) is 18.2 Å². The first kappa shape index (κ1) is 29.3. The number of pyridine rings is 1. The molecule has 0 bridgehead atoms. The first-order valence-corrected chi connectivity index (χ1v) is 12.5. The lowest BCUT2D eigenvalue weighted by atomic mass is 10.00. The minimum Gasteiger partial charge on any atom is -0.372 e. The number of hydrogen-bond donors (Lipinski definition) is 2. The highest BCUT2D eigenvalue weighted by Crippen LogP contribution is 2.29. The molecule has 4 rings (SSSR count). The van der Waals surface area contributed by atoms with Crippen molar-refractivity contribution < 1.29 is 27.1 Å². The number of fused-ring (bicyclic) bond motifs is 1. The van der Waals surface area contributed by atoms with Crippen molar-refractivity contribution >= 4 is 47.1 Å². The van der Waals surface area contributed by atoms with Crippen LogP contribution in [0.15, 0.2) is 54.2 Å². The maximum atomic E-state index is 13.7. The number of rotatable bonds is 7. The summed E-state index contributed by atoms with van der Waals surface area (Å²) in [4.78, 5) is 17.4. The Hall–Kier alpha value is -4.71. The summed E-state index contributed by atoms with van der Waals surface area (Å²) in [5, 5.41) is 25.9. The van der Waals surface area contributed by atoms with E-state index in [0.717, 1.165) is 24.3 Å². The van der Waals surface area contributed by atoms with E-state index in [-0.39, 0.29) is 28.3 Å². The molecule has 2 atom stereocenters. The molecule has 41 heavy (non-hydrogen) atoms. The van der Waals surface area contributed by atoms with E-state index in [9.17, 15) is 32.9 Å². The molecule has 0 spiro atoms. The van der Waals surface area contributed by atoms with E-state index in [1.807, 2.05) is 6.07 Å². The van der Waals surface area contributed by atoms with Crippen molar-refractivity contribution in [3.63, 3.8) is 0 Å². The van der Waals surface area contributed by atoms with Crippen LogP contribution in [0.4, 0.5) is 28.9 Å². The van der Waals surface area contributed by atoms with Gasteiger partial charge in [0.2, 0.25) is 0 Å². The molecule has 2 unspecified atom stereocenters. The van der Waals surface area contributed by atoms with Gasteiger partial charge in [0.25, 0.3) is 5.91 Å². The van der Waals surface area contributed by atoms with Gasteiger partial charge in [-0.3, -0.25) is 9.78 Å². The highest BCUT2D eigenvalue weighted by molar-refractivity contribution is 6.31. The quantitative estimate of drug-likeness (QED) is 0.240. The topological polar surface area (TPSA) is 111 Å². The number of benzene rings is 2. The summed E-state index contributed by atoms with van der Waals surface area (Å²) in [6, 6.07) is 11.0. The Labute approximate surface area is 236 Å². The molecule has 12 heteroatoms. The molecule has 0 fully saturated rings. The Morgan fingerprint density at radius 2 is 1.90 bits per heavy atom. The van der Waals surface area contributed by atoms with Gasteiger partial charge < -0.3 is 15.4 Å². The van der Waals surface area contributed by atoms with E-state index < -0.39 is 35.6 Å². The molecule has 2 N–H and O–H groups in total. The summed E-state index contributed by atoms with van der Waals surface area (Å²) in [6.07, 6.45) is 0.579. The minimum absolute atomic E-state index is 0.127. The number of carbonyl (C=O) groups excluding carboxylic acids is 1. The number of hydrogen-bond acceptors (Lipinski definition) is 6. The zero-order valence-electron chi connectivity index (χ0n) is 21.3. The average Bonchev–Trinajstić information content (AvgIpc) is 2.94. The monoisotopic (exact) mass is 581 g/mol. The first-order valence-electron chi connectivity index (χ1n) is 12.1. The molecule has 2 aromatic carbocycles. The molecule has 7 nitrogen and oxygen atoms in total. The molecule has 1 aromatic heterocycles. The van der Waals surface area contributed by atoms with Crippen LogP contribution < -0.4 is 21.2 Å². The van der Waals surface area contributed by atoms with Gasteiger partial charge in [-0.15, -0.1) is 0 Å². The van der Waals surface area contributed by atoms with Gasteiger partial charge in [-0.2, -0.15) is 23.7 Å². The number of amides is 1. The number of nitriles is 2. The van der Waals surface area contributed by atoms with Crippen molar-refractivity contribution in [1.82, 2.24) is 10.3 Å². The van der Waals surface area contributed by atoms with Crippen LogP contribution >= 0.6 is 11.6 Å². The fourth-order valence-corrected chi connectivity index (χ4v) is 4.28. The van der Waals surface area contributed by atoms with Crippen molar-refractivity contribution in [2.75, 3.05) is 11.9 Å². The molecule has 0 saturated carbocycles. The number of halogens is 5. The summed E-state index contributed by atoms with van der Waals surface area (Å²) in [6.45, 7) is 2.03. The molecule has 0 saturated heterocycles. The number of nitrogens with one attached hydrogen (secondary N) is 2. The van der Waals surface area contributed by atoms with Crippen molar-refractivity contribution in [3.05, 3.63) is 92.3 Å². The zero-order valence-corrected chi connectivity index (χ0v) is 22.0. The predicted molar refractivity (Wildman–Crippen MR) is 144 cm³/mol. The SMILES string of the molecule is CCOC1C=c2ncc(C#N)c(Nc3ccc(F)c(Cl)c3)c2=CC1NC(=O)/C(C#N)=C/c1ccc(C(F)(F)F)cc1. The fraction of sp³-hybridized carbons (Fsp3) is 0.172. The third-order valence-corrected chi connectivity index (χ3v) is 6.34. The Bertz CT molecular complexity index is 1720. The maximum Gasteiger partial charge on any atom is 0.416 e. The van der Waals surface area contributed by atoms with Crippen LogP contribution in [-0.2, 0) is 15.7 Å². The van der Waals surface area contributed by atoms with Crippen LogP contribution in [0.1, 0.15) is 23.6 Å². The van der Waals surface area contributed by atoms with E-state index in [1.165, 1.54) is 30.5 Å². The van der Waals surface area contributed by atoms with Crippen molar-refractivity contribution in [3.8, 4) is 12.1 Å². The Kier molecular flexibility index (Phi) is 8.72. The van der Waals surface area contributed by atoms with Gasteiger partial charge in [0.05, 0.1) is 33.2 Å². The highest BCUT2D eigenvalue weighted by atomic mass is 35.5. The van der Waals surface area contributed by atoms with E-state index in [4.69, 9.17) is 16.3 Å². The first-order chi connectivity index (χ1) is 19.5. The molecule has 1 aliphatic rings. The van der Waals surface area contributed by atoms with Gasteiger partial charge in [-0.25, -0.2) is 4.39 Å². The number of aromatic nitrogens is 1. The number of carbonyl (C=O) groups is 1. The van der Waals surface area contributed by atoms with Gasteiger partial charge in [0, 0.05) is 23.7 Å². The third-order valence-electron chi connectivity index (χ3n) is 6.05. The standard InChI is InChI=1S/C29H20ClF4N5O2/c1-2-41-26-12-24-21(27(18(14-36)15-37-24)38-20-7-8-23(31)22(30)10-20)11-25(26)39-28(40)17(13-35)9-16-3-5-19(6-4-16)29(32,33)34/h3-12,15,25-26,38H,2H2,1H3,(H,39,40)/b17-9+. The second-order valence-electron chi connectivity index (χ2n) is 8.75. The molecular formula is C29H20ClF4N5O2. The summed E-state index contributed by atoms with van der Waals surface area (Å²) in [5.74, 6) is -1.41.